The van der Waals surface area contributed by atoms with Gasteiger partial charge in [-0.25, -0.2) is 0 Å². The van der Waals surface area contributed by atoms with Crippen LogP contribution in [0.25, 0.3) is 11.6 Å². The van der Waals surface area contributed by atoms with Crippen LogP contribution in [0, 0.1) is 11.3 Å². The molecule has 124 valence electrons. The molecule has 0 aliphatic rings. The van der Waals surface area contributed by atoms with Crippen LogP contribution < -0.4 is 4.74 Å². The van der Waals surface area contributed by atoms with Gasteiger partial charge in [0.2, 0.25) is 0 Å². The molecule has 5 heteroatoms. The second kappa shape index (κ2) is 8.44. The molecule has 0 N–H and O–H groups in total. The topological polar surface area (TPSA) is 33.0 Å². The van der Waals surface area contributed by atoms with Gasteiger partial charge in [-0.2, -0.15) is 5.26 Å². The minimum Gasteiger partial charge on any atom is -0.489 e. The molecule has 0 unspecified atom stereocenters. The van der Waals surface area contributed by atoms with E-state index in [0.717, 1.165) is 12.0 Å². The highest BCUT2D eigenvalue weighted by Crippen LogP contribution is 2.31. The lowest BCUT2D eigenvalue weighted by atomic mass is 10.0. The van der Waals surface area contributed by atoms with Gasteiger partial charge in [0.25, 0.3) is 0 Å². The summed E-state index contributed by atoms with van der Waals surface area (Å²) in [5.41, 5.74) is 1.85. The van der Waals surface area contributed by atoms with Crippen molar-refractivity contribution in [2.45, 2.75) is 26.4 Å². The van der Waals surface area contributed by atoms with Gasteiger partial charge in [0.15, 0.2) is 0 Å². The maximum absolute atomic E-state index is 9.44. The van der Waals surface area contributed by atoms with E-state index >= 15 is 0 Å². The number of hydrogen-bond donors (Lipinski definition) is 0. The second-order valence-electron chi connectivity index (χ2n) is 5.32. The van der Waals surface area contributed by atoms with Crippen LogP contribution in [0.5, 0.6) is 5.75 Å². The molecule has 0 bridgehead atoms. The van der Waals surface area contributed by atoms with Gasteiger partial charge in [0.1, 0.15) is 5.75 Å². The quantitative estimate of drug-likeness (QED) is 0.418. The van der Waals surface area contributed by atoms with E-state index in [1.807, 2.05) is 19.9 Å². The van der Waals surface area contributed by atoms with E-state index < -0.39 is 0 Å². The van der Waals surface area contributed by atoms with Crippen LogP contribution in [0.2, 0.25) is 15.1 Å². The SMILES string of the molecule is CC[C@@H](C)Oc1ccc(/C=C(/C#N)c2ccc(Cl)cc2Cl)cc1Cl. The van der Waals surface area contributed by atoms with Crippen molar-refractivity contribution in [1.82, 2.24) is 0 Å². The highest BCUT2D eigenvalue weighted by molar-refractivity contribution is 6.36. The zero-order valence-corrected chi connectivity index (χ0v) is 15.6. The largest absolute Gasteiger partial charge is 0.489 e. The van der Waals surface area contributed by atoms with E-state index in [4.69, 9.17) is 39.5 Å². The highest BCUT2D eigenvalue weighted by Gasteiger charge is 2.09. The molecule has 1 atom stereocenters. The van der Waals surface area contributed by atoms with E-state index in [1.54, 1.807) is 36.4 Å². The lowest BCUT2D eigenvalue weighted by Gasteiger charge is -2.14. The molecule has 0 aliphatic carbocycles. The first-order valence-electron chi connectivity index (χ1n) is 7.48. The first-order valence-corrected chi connectivity index (χ1v) is 8.61. The maximum Gasteiger partial charge on any atom is 0.138 e. The Morgan fingerprint density at radius 2 is 1.92 bits per heavy atom. The third kappa shape index (κ3) is 4.68. The van der Waals surface area contributed by atoms with Crippen LogP contribution in [-0.4, -0.2) is 6.10 Å². The lowest BCUT2D eigenvalue weighted by molar-refractivity contribution is 0.217. The predicted molar refractivity (Wildman–Crippen MR) is 102 cm³/mol. The molecule has 0 fully saturated rings. The molecule has 0 saturated heterocycles. The monoisotopic (exact) mass is 379 g/mol. The summed E-state index contributed by atoms with van der Waals surface area (Å²) in [6.45, 7) is 4.03. The summed E-state index contributed by atoms with van der Waals surface area (Å²) in [7, 11) is 0. The van der Waals surface area contributed by atoms with Crippen molar-refractivity contribution >= 4 is 46.5 Å². The summed E-state index contributed by atoms with van der Waals surface area (Å²) in [5.74, 6) is 0.631. The minimum absolute atomic E-state index is 0.0893. The van der Waals surface area contributed by atoms with Gasteiger partial charge in [-0.1, -0.05) is 53.9 Å². The Hall–Kier alpha value is -1.66. The Bertz CT molecular complexity index is 809. The molecule has 0 aliphatic heterocycles. The van der Waals surface area contributed by atoms with Crippen LogP contribution in [0.15, 0.2) is 36.4 Å². The van der Waals surface area contributed by atoms with Crippen LogP contribution in [0.3, 0.4) is 0 Å². The molecule has 0 spiro atoms. The van der Waals surface area contributed by atoms with Crippen molar-refractivity contribution in [3.63, 3.8) is 0 Å². The fourth-order valence-corrected chi connectivity index (χ4v) is 2.79. The third-order valence-corrected chi connectivity index (χ3v) is 4.35. The van der Waals surface area contributed by atoms with E-state index in [1.165, 1.54) is 0 Å². The van der Waals surface area contributed by atoms with E-state index in [2.05, 4.69) is 6.07 Å². The van der Waals surface area contributed by atoms with Gasteiger partial charge in [-0.05, 0) is 49.2 Å². The van der Waals surface area contributed by atoms with Gasteiger partial charge in [0.05, 0.1) is 27.8 Å². The first-order chi connectivity index (χ1) is 11.4. The van der Waals surface area contributed by atoms with Gasteiger partial charge in [0, 0.05) is 10.6 Å². The summed E-state index contributed by atoms with van der Waals surface area (Å²) >= 11 is 18.3. The van der Waals surface area contributed by atoms with Crippen LogP contribution in [0.4, 0.5) is 0 Å². The van der Waals surface area contributed by atoms with Gasteiger partial charge in [-0.15, -0.1) is 0 Å². The van der Waals surface area contributed by atoms with E-state index in [-0.39, 0.29) is 6.10 Å². The zero-order valence-electron chi connectivity index (χ0n) is 13.3. The second-order valence-corrected chi connectivity index (χ2v) is 6.57. The van der Waals surface area contributed by atoms with Crippen LogP contribution in [-0.2, 0) is 0 Å². The standard InChI is InChI=1S/C19H16Cl3NO/c1-3-12(2)24-19-7-4-13(9-18(19)22)8-14(11-23)16-6-5-15(20)10-17(16)21/h4-10,12H,3H2,1-2H3/b14-8-/t12-/m1/s1. The average molecular weight is 381 g/mol. The Kier molecular flexibility index (Phi) is 6.57. The number of nitriles is 1. The van der Waals surface area contributed by atoms with Gasteiger partial charge < -0.3 is 4.74 Å². The fraction of sp³-hybridized carbons (Fsp3) is 0.211. The minimum atomic E-state index is 0.0893. The zero-order chi connectivity index (χ0) is 17.7. The molecule has 2 aromatic carbocycles. The van der Waals surface area contributed by atoms with Crippen molar-refractivity contribution in [2.24, 2.45) is 0 Å². The summed E-state index contributed by atoms with van der Waals surface area (Å²) in [4.78, 5) is 0. The number of benzene rings is 2. The molecule has 0 heterocycles. The summed E-state index contributed by atoms with van der Waals surface area (Å²) < 4.78 is 5.74. The smallest absolute Gasteiger partial charge is 0.138 e. The van der Waals surface area contributed by atoms with E-state index in [9.17, 15) is 5.26 Å². The Morgan fingerprint density at radius 3 is 2.50 bits per heavy atom. The van der Waals surface area contributed by atoms with Crippen molar-refractivity contribution in [1.29, 1.82) is 5.26 Å². The molecule has 24 heavy (non-hydrogen) atoms. The molecule has 2 rings (SSSR count). The number of hydrogen-bond acceptors (Lipinski definition) is 2. The summed E-state index contributed by atoms with van der Waals surface area (Å²) in [6, 6.07) is 12.6. The van der Waals surface area contributed by atoms with Crippen LogP contribution >= 0.6 is 34.8 Å². The van der Waals surface area contributed by atoms with E-state index in [0.29, 0.717) is 32.0 Å². The number of nitrogens with zero attached hydrogens (tertiary/aromatic N) is 1. The Morgan fingerprint density at radius 1 is 1.17 bits per heavy atom. The predicted octanol–water partition coefficient (Wildman–Crippen LogP) is 6.89. The molecule has 0 aromatic heterocycles. The van der Waals surface area contributed by atoms with Gasteiger partial charge in [-0.3, -0.25) is 0 Å². The molecule has 2 aromatic rings. The van der Waals surface area contributed by atoms with Crippen LogP contribution in [0.1, 0.15) is 31.4 Å². The average Bonchev–Trinajstić information content (AvgIpc) is 2.55. The fourth-order valence-electron chi connectivity index (χ4n) is 2.05. The Labute approximate surface area is 157 Å². The Balaban J connectivity index is 2.35. The van der Waals surface area contributed by atoms with Crippen molar-refractivity contribution in [2.75, 3.05) is 0 Å². The molecule has 2 nitrogen and oxygen atoms in total. The summed E-state index contributed by atoms with van der Waals surface area (Å²) in [6.07, 6.45) is 2.71. The molecular formula is C19H16Cl3NO. The summed E-state index contributed by atoms with van der Waals surface area (Å²) in [5, 5.41) is 10.9. The lowest BCUT2D eigenvalue weighted by Crippen LogP contribution is -2.09. The molecule has 0 amide bonds. The maximum atomic E-state index is 9.44. The van der Waals surface area contributed by atoms with Crippen molar-refractivity contribution < 1.29 is 4.74 Å². The highest BCUT2D eigenvalue weighted by atomic mass is 35.5. The first kappa shape index (κ1) is 18.7. The van der Waals surface area contributed by atoms with Crippen molar-refractivity contribution in [3.8, 4) is 11.8 Å². The molecule has 0 radical (unpaired) electrons. The number of halogens is 3. The molecule has 0 saturated carbocycles. The number of rotatable bonds is 5. The number of ether oxygens (including phenoxy) is 1. The molecular weight excluding hydrogens is 365 g/mol. The van der Waals surface area contributed by atoms with Gasteiger partial charge >= 0.3 is 0 Å². The number of allylic oxidation sites excluding steroid dienone is 1. The van der Waals surface area contributed by atoms with Crippen molar-refractivity contribution in [3.05, 3.63) is 62.6 Å². The normalized spacial score (nSPS) is 12.6. The third-order valence-electron chi connectivity index (χ3n) is 3.51.